The van der Waals surface area contributed by atoms with E-state index < -0.39 is 4.92 Å². The zero-order valence-electron chi connectivity index (χ0n) is 13.2. The number of amides is 1. The van der Waals surface area contributed by atoms with Gasteiger partial charge in [-0.1, -0.05) is 29.5 Å². The van der Waals surface area contributed by atoms with Crippen LogP contribution in [0, 0.1) is 10.1 Å². The van der Waals surface area contributed by atoms with Gasteiger partial charge in [0.15, 0.2) is 0 Å². The normalized spacial score (nSPS) is 13.7. The Hall–Kier alpha value is -2.94. The molecule has 0 bridgehead atoms. The van der Waals surface area contributed by atoms with Crippen LogP contribution in [0.5, 0.6) is 0 Å². The van der Waals surface area contributed by atoms with Crippen molar-refractivity contribution in [3.8, 4) is 0 Å². The molecule has 3 heterocycles. The van der Waals surface area contributed by atoms with E-state index in [0.29, 0.717) is 11.5 Å². The predicted octanol–water partition coefficient (Wildman–Crippen LogP) is 2.70. The first-order valence-electron chi connectivity index (χ1n) is 7.87. The van der Waals surface area contributed by atoms with Crippen molar-refractivity contribution in [3.63, 3.8) is 0 Å². The summed E-state index contributed by atoms with van der Waals surface area (Å²) in [5.74, 6) is -0.156. The number of hydrogen-bond acceptors (Lipinski definition) is 6. The molecule has 0 unspecified atom stereocenters. The number of thiazole rings is 1. The number of benzene rings is 1. The lowest BCUT2D eigenvalue weighted by Crippen LogP contribution is -2.39. The molecule has 1 amide bonds. The van der Waals surface area contributed by atoms with Crippen LogP contribution >= 0.6 is 11.3 Å². The van der Waals surface area contributed by atoms with Crippen molar-refractivity contribution in [2.45, 2.75) is 12.8 Å². The number of carbonyl (C=O) groups excluding carboxylic acids is 1. The molecule has 1 aromatic carbocycles. The molecule has 0 aliphatic carbocycles. The van der Waals surface area contributed by atoms with Crippen molar-refractivity contribution >= 4 is 39.5 Å². The Kier molecular flexibility index (Phi) is 3.85. The second-order valence-electron chi connectivity index (χ2n) is 5.73. The molecule has 8 nitrogen and oxygen atoms in total. The average Bonchev–Trinajstić information content (AvgIpc) is 3.19. The van der Waals surface area contributed by atoms with Crippen LogP contribution in [-0.4, -0.2) is 33.3 Å². The summed E-state index contributed by atoms with van der Waals surface area (Å²) in [5.41, 5.74) is 2.07. The molecular formula is C16H15N5O3S. The Balaban J connectivity index is 1.54. The summed E-state index contributed by atoms with van der Waals surface area (Å²) in [7, 11) is 0. The zero-order valence-corrected chi connectivity index (χ0v) is 14.0. The zero-order chi connectivity index (χ0) is 17.4. The van der Waals surface area contributed by atoms with E-state index >= 15 is 0 Å². The Morgan fingerprint density at radius 3 is 3.08 bits per heavy atom. The summed E-state index contributed by atoms with van der Waals surface area (Å²) in [5, 5.41) is 15.9. The molecule has 1 N–H and O–H groups in total. The Morgan fingerprint density at radius 1 is 1.40 bits per heavy atom. The van der Waals surface area contributed by atoms with Crippen LogP contribution in [0.15, 0.2) is 35.8 Å². The van der Waals surface area contributed by atoms with Gasteiger partial charge in [-0.05, 0) is 29.4 Å². The summed E-state index contributed by atoms with van der Waals surface area (Å²) in [6.45, 7) is 0.609. The van der Waals surface area contributed by atoms with Crippen molar-refractivity contribution in [2.24, 2.45) is 0 Å². The smallest absolute Gasteiger partial charge is 0.358 e. The molecule has 3 aromatic rings. The van der Waals surface area contributed by atoms with E-state index in [4.69, 9.17) is 0 Å². The second kappa shape index (κ2) is 6.17. The van der Waals surface area contributed by atoms with Gasteiger partial charge in [0.1, 0.15) is 6.20 Å². The van der Waals surface area contributed by atoms with Crippen molar-refractivity contribution in [2.75, 3.05) is 23.3 Å². The summed E-state index contributed by atoms with van der Waals surface area (Å²) in [6, 6.07) is 7.83. The van der Waals surface area contributed by atoms with Gasteiger partial charge in [0.25, 0.3) is 4.96 Å². The van der Waals surface area contributed by atoms with Crippen LogP contribution in [0.4, 0.5) is 17.3 Å². The fraction of sp³-hybridized carbons (Fsp3) is 0.250. The van der Waals surface area contributed by atoms with E-state index in [0.717, 1.165) is 24.1 Å². The van der Waals surface area contributed by atoms with Gasteiger partial charge in [0, 0.05) is 17.6 Å². The third-order valence-electron chi connectivity index (χ3n) is 4.23. The van der Waals surface area contributed by atoms with Gasteiger partial charge in [0.2, 0.25) is 11.7 Å². The number of rotatable bonds is 4. The number of aryl methyl sites for hydroxylation is 1. The average molecular weight is 357 g/mol. The number of fused-ring (bicyclic) bond motifs is 2. The van der Waals surface area contributed by atoms with Gasteiger partial charge in [-0.15, -0.1) is 0 Å². The molecule has 0 spiro atoms. The van der Waals surface area contributed by atoms with Gasteiger partial charge in [-0.2, -0.15) is 9.38 Å². The molecule has 0 saturated heterocycles. The number of nitrogens with zero attached hydrogens (tertiary/aromatic N) is 4. The fourth-order valence-corrected chi connectivity index (χ4v) is 3.82. The topological polar surface area (TPSA) is 92.8 Å². The second-order valence-corrected chi connectivity index (χ2v) is 6.60. The summed E-state index contributed by atoms with van der Waals surface area (Å²) in [6.07, 6.45) is 3.46. The molecule has 0 saturated carbocycles. The molecule has 9 heteroatoms. The molecule has 0 fully saturated rings. The maximum atomic E-state index is 12.6. The lowest BCUT2D eigenvalue weighted by molar-refractivity contribution is -0.389. The van der Waals surface area contributed by atoms with Gasteiger partial charge in [-0.25, -0.2) is 0 Å². The minimum Gasteiger partial charge on any atom is -0.358 e. The van der Waals surface area contributed by atoms with E-state index in [1.807, 2.05) is 24.3 Å². The van der Waals surface area contributed by atoms with Crippen LogP contribution in [0.25, 0.3) is 4.96 Å². The van der Waals surface area contributed by atoms with Crippen molar-refractivity contribution in [3.05, 3.63) is 51.5 Å². The summed E-state index contributed by atoms with van der Waals surface area (Å²) < 4.78 is 1.41. The third kappa shape index (κ3) is 2.72. The van der Waals surface area contributed by atoms with Gasteiger partial charge < -0.3 is 20.3 Å². The van der Waals surface area contributed by atoms with E-state index in [9.17, 15) is 14.9 Å². The molecular weight excluding hydrogens is 342 g/mol. The highest BCUT2D eigenvalue weighted by molar-refractivity contribution is 7.15. The van der Waals surface area contributed by atoms with Crippen molar-refractivity contribution in [1.82, 2.24) is 9.38 Å². The van der Waals surface area contributed by atoms with Crippen molar-refractivity contribution in [1.29, 1.82) is 0 Å². The number of imidazole rings is 1. The monoisotopic (exact) mass is 357 g/mol. The molecule has 1 aliphatic rings. The maximum Gasteiger partial charge on any atom is 0.372 e. The first-order chi connectivity index (χ1) is 12.1. The number of carbonyl (C=O) groups is 1. The largest absolute Gasteiger partial charge is 0.372 e. The third-order valence-corrected chi connectivity index (χ3v) is 4.98. The van der Waals surface area contributed by atoms with Gasteiger partial charge in [0.05, 0.1) is 6.54 Å². The summed E-state index contributed by atoms with van der Waals surface area (Å²) >= 11 is 1.30. The van der Waals surface area contributed by atoms with Gasteiger partial charge in [-0.3, -0.25) is 4.79 Å². The molecule has 2 aromatic heterocycles. The molecule has 1 aliphatic heterocycles. The lowest BCUT2D eigenvalue weighted by atomic mass is 10.0. The number of nitrogens with one attached hydrogen (secondary N) is 1. The molecule has 25 heavy (non-hydrogen) atoms. The Morgan fingerprint density at radius 2 is 2.24 bits per heavy atom. The minimum atomic E-state index is -0.490. The van der Waals surface area contributed by atoms with Crippen LogP contribution in [0.2, 0.25) is 0 Å². The van der Waals surface area contributed by atoms with E-state index in [2.05, 4.69) is 10.3 Å². The number of aromatic nitrogens is 2. The minimum absolute atomic E-state index is 0.0417. The fourth-order valence-electron chi connectivity index (χ4n) is 3.11. The number of hydrogen-bond donors (Lipinski definition) is 1. The first-order valence-corrected chi connectivity index (χ1v) is 8.75. The molecule has 128 valence electrons. The van der Waals surface area contributed by atoms with Gasteiger partial charge >= 0.3 is 5.82 Å². The van der Waals surface area contributed by atoms with E-state index in [1.165, 1.54) is 15.7 Å². The molecule has 0 radical (unpaired) electrons. The lowest BCUT2D eigenvalue weighted by Gasteiger charge is -2.29. The van der Waals surface area contributed by atoms with E-state index in [1.54, 1.807) is 16.5 Å². The maximum absolute atomic E-state index is 12.6. The highest BCUT2D eigenvalue weighted by Crippen LogP contribution is 2.29. The Bertz CT molecular complexity index is 964. The standard InChI is InChI=1S/C16H15N5O3S/c22-13(19-7-3-5-11-4-1-2-6-12(11)19)10-17-14-15(21(23)24)20-8-9-25-16(20)18-14/h1-2,4,6,8-9,17H,3,5,7,10H2. The highest BCUT2D eigenvalue weighted by Gasteiger charge is 2.26. The highest BCUT2D eigenvalue weighted by atomic mass is 32.1. The molecule has 0 atom stereocenters. The quantitative estimate of drug-likeness (QED) is 0.572. The molecule has 4 rings (SSSR count). The van der Waals surface area contributed by atoms with Crippen molar-refractivity contribution < 1.29 is 9.72 Å². The number of para-hydroxylation sites is 1. The SMILES string of the molecule is O=C(CNc1nc2sccn2c1[N+](=O)[O-])N1CCCc2ccccc21. The van der Waals surface area contributed by atoms with E-state index in [-0.39, 0.29) is 24.1 Å². The predicted molar refractivity (Wildman–Crippen MR) is 95.3 cm³/mol. The number of anilines is 2. The van der Waals surface area contributed by atoms with Crippen LogP contribution in [0.3, 0.4) is 0 Å². The van der Waals surface area contributed by atoms with Crippen LogP contribution in [-0.2, 0) is 11.2 Å². The summed E-state index contributed by atoms with van der Waals surface area (Å²) in [4.78, 5) is 29.9. The van der Waals surface area contributed by atoms with Crippen LogP contribution in [0.1, 0.15) is 12.0 Å². The van der Waals surface area contributed by atoms with Crippen LogP contribution < -0.4 is 10.2 Å². The Labute approximate surface area is 146 Å². The number of nitro groups is 1. The first kappa shape index (κ1) is 15.6.